The first kappa shape index (κ1) is 10.5. The van der Waals surface area contributed by atoms with Gasteiger partial charge in [0.15, 0.2) is 0 Å². The molecule has 1 N–H and O–H groups in total. The molecule has 2 rings (SSSR count). The Kier molecular flexibility index (Phi) is 2.47. The lowest BCUT2D eigenvalue weighted by atomic mass is 9.94. The van der Waals surface area contributed by atoms with Gasteiger partial charge in [0.05, 0.1) is 12.1 Å². The zero-order chi connectivity index (χ0) is 11.1. The number of hydrogen-bond acceptors (Lipinski definition) is 2. The predicted octanol–water partition coefficient (Wildman–Crippen LogP) is 2.52. The van der Waals surface area contributed by atoms with Gasteiger partial charge >= 0.3 is 0 Å². The van der Waals surface area contributed by atoms with E-state index in [9.17, 15) is 0 Å². The summed E-state index contributed by atoms with van der Waals surface area (Å²) < 4.78 is 5.59. The van der Waals surface area contributed by atoms with Crippen molar-refractivity contribution in [3.05, 3.63) is 28.8 Å². The van der Waals surface area contributed by atoms with Gasteiger partial charge < -0.3 is 10.1 Å². The van der Waals surface area contributed by atoms with E-state index in [1.54, 1.807) is 0 Å². The van der Waals surface area contributed by atoms with Gasteiger partial charge in [0.1, 0.15) is 5.75 Å². The normalized spacial score (nSPS) is 24.0. The average molecular weight is 205 g/mol. The van der Waals surface area contributed by atoms with Crippen molar-refractivity contribution in [1.29, 1.82) is 0 Å². The molecule has 82 valence electrons. The minimum atomic E-state index is 0.208. The molecule has 1 aliphatic rings. The molecule has 0 bridgehead atoms. The van der Waals surface area contributed by atoms with Crippen LogP contribution in [0.1, 0.15) is 30.5 Å². The Morgan fingerprint density at radius 3 is 2.53 bits per heavy atom. The molecule has 1 aliphatic heterocycles. The highest BCUT2D eigenvalue weighted by atomic mass is 16.5. The van der Waals surface area contributed by atoms with Crippen molar-refractivity contribution in [1.82, 2.24) is 5.32 Å². The fourth-order valence-electron chi connectivity index (χ4n) is 2.02. The van der Waals surface area contributed by atoms with Gasteiger partial charge in [-0.1, -0.05) is 6.07 Å². The monoisotopic (exact) mass is 205 g/mol. The molecule has 1 atom stereocenters. The van der Waals surface area contributed by atoms with Crippen molar-refractivity contribution in [2.75, 3.05) is 13.2 Å². The second kappa shape index (κ2) is 3.53. The van der Waals surface area contributed by atoms with E-state index in [2.05, 4.69) is 38.2 Å². The van der Waals surface area contributed by atoms with Crippen LogP contribution in [0.5, 0.6) is 5.75 Å². The lowest BCUT2D eigenvalue weighted by Crippen LogP contribution is -2.10. The molecule has 1 heterocycles. The average Bonchev–Trinajstić information content (AvgIpc) is 2.91. The van der Waals surface area contributed by atoms with Crippen molar-refractivity contribution in [2.45, 2.75) is 33.2 Å². The second-order valence-corrected chi connectivity index (χ2v) is 4.55. The molecule has 2 nitrogen and oxygen atoms in total. The van der Waals surface area contributed by atoms with E-state index < -0.39 is 0 Å². The molecule has 15 heavy (non-hydrogen) atoms. The summed E-state index contributed by atoms with van der Waals surface area (Å²) in [5.41, 5.74) is 4.16. The molecule has 0 radical (unpaired) electrons. The third kappa shape index (κ3) is 1.86. The molecular weight excluding hydrogens is 186 g/mol. The summed E-state index contributed by atoms with van der Waals surface area (Å²) in [5, 5.41) is 3.41. The summed E-state index contributed by atoms with van der Waals surface area (Å²) >= 11 is 0. The van der Waals surface area contributed by atoms with Gasteiger partial charge in [0, 0.05) is 6.54 Å². The molecule has 0 aliphatic carbocycles. The topological polar surface area (TPSA) is 31.2 Å². The fraction of sp³-hybridized carbons (Fsp3) is 0.538. The number of hydrogen-bond donors (Lipinski definition) is 1. The van der Waals surface area contributed by atoms with E-state index >= 15 is 0 Å². The molecule has 2 heteroatoms. The first-order chi connectivity index (χ1) is 7.07. The maximum atomic E-state index is 5.59. The fourth-order valence-corrected chi connectivity index (χ4v) is 2.02. The van der Waals surface area contributed by atoms with E-state index in [-0.39, 0.29) is 5.54 Å². The number of rotatable bonds is 3. The second-order valence-electron chi connectivity index (χ2n) is 4.55. The van der Waals surface area contributed by atoms with Crippen molar-refractivity contribution in [2.24, 2.45) is 0 Å². The minimum Gasteiger partial charge on any atom is -0.494 e. The van der Waals surface area contributed by atoms with Gasteiger partial charge in [-0.25, -0.2) is 0 Å². The van der Waals surface area contributed by atoms with Crippen molar-refractivity contribution in [3.63, 3.8) is 0 Å². The van der Waals surface area contributed by atoms with Crippen LogP contribution in [0.4, 0.5) is 0 Å². The number of ether oxygens (including phenoxy) is 1. The Morgan fingerprint density at radius 2 is 2.00 bits per heavy atom. The predicted molar refractivity (Wildman–Crippen MR) is 62.4 cm³/mol. The van der Waals surface area contributed by atoms with E-state index in [1.165, 1.54) is 16.7 Å². The first-order valence-electron chi connectivity index (χ1n) is 5.56. The Hall–Kier alpha value is -1.02. The van der Waals surface area contributed by atoms with Gasteiger partial charge in [0.25, 0.3) is 0 Å². The maximum Gasteiger partial charge on any atom is 0.122 e. The Morgan fingerprint density at radius 1 is 1.33 bits per heavy atom. The van der Waals surface area contributed by atoms with Gasteiger partial charge in [-0.05, 0) is 50.5 Å². The molecule has 1 saturated heterocycles. The molecule has 0 spiro atoms. The summed E-state index contributed by atoms with van der Waals surface area (Å²) in [4.78, 5) is 0. The first-order valence-corrected chi connectivity index (χ1v) is 5.56. The molecule has 1 aromatic rings. The lowest BCUT2D eigenvalue weighted by molar-refractivity contribution is 0.337. The molecule has 0 aromatic heterocycles. The minimum absolute atomic E-state index is 0.208. The number of benzene rings is 1. The smallest absolute Gasteiger partial charge is 0.122 e. The van der Waals surface area contributed by atoms with Crippen LogP contribution in [0.25, 0.3) is 0 Å². The van der Waals surface area contributed by atoms with Crippen LogP contribution < -0.4 is 10.1 Å². The quantitative estimate of drug-likeness (QED) is 0.769. The van der Waals surface area contributed by atoms with Crippen LogP contribution in [-0.2, 0) is 5.54 Å². The zero-order valence-electron chi connectivity index (χ0n) is 9.98. The molecular formula is C13H19NO. The third-order valence-electron chi connectivity index (χ3n) is 3.12. The highest BCUT2D eigenvalue weighted by Gasteiger charge is 2.39. The van der Waals surface area contributed by atoms with Gasteiger partial charge in [-0.15, -0.1) is 0 Å². The SMILES string of the molecule is CCOc1cc(C)c(C2(C)CN2)cc1C. The van der Waals surface area contributed by atoms with Crippen LogP contribution in [0, 0.1) is 13.8 Å². The standard InChI is InChI=1S/C13H19NO/c1-5-15-12-7-9(2)11(6-10(12)3)13(4)8-14-13/h6-7,14H,5,8H2,1-4H3. The lowest BCUT2D eigenvalue weighted by Gasteiger charge is -2.15. The zero-order valence-corrected chi connectivity index (χ0v) is 9.98. The molecule has 1 aromatic carbocycles. The summed E-state index contributed by atoms with van der Waals surface area (Å²) in [6.45, 7) is 10.3. The summed E-state index contributed by atoms with van der Waals surface area (Å²) in [7, 11) is 0. The van der Waals surface area contributed by atoms with Crippen molar-refractivity contribution >= 4 is 0 Å². The summed E-state index contributed by atoms with van der Waals surface area (Å²) in [6.07, 6.45) is 0. The molecule has 1 unspecified atom stereocenters. The molecule has 0 amide bonds. The summed E-state index contributed by atoms with van der Waals surface area (Å²) in [6, 6.07) is 4.40. The highest BCUT2D eigenvalue weighted by molar-refractivity contribution is 5.46. The Balaban J connectivity index is 2.39. The van der Waals surface area contributed by atoms with Gasteiger partial charge in [-0.2, -0.15) is 0 Å². The van der Waals surface area contributed by atoms with Gasteiger partial charge in [0.2, 0.25) is 0 Å². The van der Waals surface area contributed by atoms with Crippen molar-refractivity contribution < 1.29 is 4.74 Å². The van der Waals surface area contributed by atoms with Crippen LogP contribution >= 0.6 is 0 Å². The van der Waals surface area contributed by atoms with E-state index in [0.717, 1.165) is 18.9 Å². The van der Waals surface area contributed by atoms with Crippen molar-refractivity contribution in [3.8, 4) is 5.75 Å². The number of aryl methyl sites for hydroxylation is 2. The van der Waals surface area contributed by atoms with E-state index in [1.807, 2.05) is 6.92 Å². The Bertz CT molecular complexity index is 380. The highest BCUT2D eigenvalue weighted by Crippen LogP contribution is 2.35. The van der Waals surface area contributed by atoms with E-state index in [0.29, 0.717) is 0 Å². The van der Waals surface area contributed by atoms with Crippen LogP contribution in [-0.4, -0.2) is 13.2 Å². The van der Waals surface area contributed by atoms with Crippen LogP contribution in [0.3, 0.4) is 0 Å². The Labute approximate surface area is 91.6 Å². The number of nitrogens with one attached hydrogen (secondary N) is 1. The molecule has 1 fully saturated rings. The van der Waals surface area contributed by atoms with Crippen LogP contribution in [0.2, 0.25) is 0 Å². The largest absolute Gasteiger partial charge is 0.494 e. The third-order valence-corrected chi connectivity index (χ3v) is 3.12. The maximum absolute atomic E-state index is 5.59. The van der Waals surface area contributed by atoms with E-state index in [4.69, 9.17) is 4.74 Å². The van der Waals surface area contributed by atoms with Gasteiger partial charge in [-0.3, -0.25) is 0 Å². The van der Waals surface area contributed by atoms with Crippen LogP contribution in [0.15, 0.2) is 12.1 Å². The molecule has 0 saturated carbocycles. The summed E-state index contributed by atoms with van der Waals surface area (Å²) in [5.74, 6) is 1.02.